The summed E-state index contributed by atoms with van der Waals surface area (Å²) in [4.78, 5) is 27.5. The van der Waals surface area contributed by atoms with Crippen molar-refractivity contribution >= 4 is 43.6 Å². The van der Waals surface area contributed by atoms with Crippen LogP contribution in [0.2, 0.25) is 0 Å². The lowest BCUT2D eigenvalue weighted by Crippen LogP contribution is -2.13. The van der Waals surface area contributed by atoms with Gasteiger partial charge in [0, 0.05) is 10.1 Å². The van der Waals surface area contributed by atoms with Crippen LogP contribution in [-0.2, 0) is 9.47 Å². The van der Waals surface area contributed by atoms with Crippen molar-refractivity contribution in [2.75, 3.05) is 13.2 Å². The number of benzene rings is 1. The second-order valence-electron chi connectivity index (χ2n) is 4.62. The monoisotopic (exact) mass is 317 g/mol. The van der Waals surface area contributed by atoms with E-state index in [4.69, 9.17) is 9.47 Å². The van der Waals surface area contributed by atoms with Crippen molar-refractivity contribution in [3.63, 3.8) is 0 Å². The first kappa shape index (κ1) is 14.6. The van der Waals surface area contributed by atoms with E-state index in [1.807, 2.05) is 24.3 Å². The summed E-state index contributed by atoms with van der Waals surface area (Å²) in [6.45, 7) is 3.95. The zero-order chi connectivity index (χ0) is 15.7. The second-order valence-corrected chi connectivity index (χ2v) is 5.67. The Hall–Kier alpha value is -2.34. The number of carbonyl (C=O) groups excluding carboxylic acids is 2. The first-order chi connectivity index (χ1) is 10.7. The van der Waals surface area contributed by atoms with Gasteiger partial charge in [0.05, 0.1) is 23.4 Å². The molecular formula is C16H15NO4S. The van der Waals surface area contributed by atoms with Crippen LogP contribution < -0.4 is 0 Å². The molecule has 2 aromatic heterocycles. The minimum Gasteiger partial charge on any atom is -0.462 e. The molecule has 0 aliphatic carbocycles. The van der Waals surface area contributed by atoms with E-state index in [1.54, 1.807) is 13.8 Å². The molecule has 5 nitrogen and oxygen atoms in total. The maximum Gasteiger partial charge on any atom is 0.355 e. The summed E-state index contributed by atoms with van der Waals surface area (Å²) in [5.74, 6) is -1.05. The van der Waals surface area contributed by atoms with Crippen LogP contribution in [0.3, 0.4) is 0 Å². The van der Waals surface area contributed by atoms with Crippen molar-refractivity contribution in [3.8, 4) is 0 Å². The first-order valence-corrected chi connectivity index (χ1v) is 7.86. The average molecular weight is 317 g/mol. The average Bonchev–Trinajstić information content (AvgIpc) is 3.03. The summed E-state index contributed by atoms with van der Waals surface area (Å²) in [6.07, 6.45) is 0. The van der Waals surface area contributed by atoms with Crippen molar-refractivity contribution in [2.24, 2.45) is 0 Å². The highest BCUT2D eigenvalue weighted by Gasteiger charge is 2.27. The molecule has 0 aliphatic heterocycles. The molecule has 0 aliphatic rings. The van der Waals surface area contributed by atoms with Crippen LogP contribution in [0.4, 0.5) is 0 Å². The van der Waals surface area contributed by atoms with Crippen molar-refractivity contribution in [1.82, 2.24) is 4.98 Å². The molecule has 0 amide bonds. The van der Waals surface area contributed by atoms with Crippen LogP contribution in [0.1, 0.15) is 34.7 Å². The van der Waals surface area contributed by atoms with Gasteiger partial charge in [0.1, 0.15) is 11.3 Å². The van der Waals surface area contributed by atoms with E-state index in [2.05, 4.69) is 4.98 Å². The maximum atomic E-state index is 12.3. The fraction of sp³-hybridized carbons (Fsp3) is 0.250. The Kier molecular flexibility index (Phi) is 3.85. The Morgan fingerprint density at radius 1 is 1.09 bits per heavy atom. The Bertz CT molecular complexity index is 862. The number of nitrogens with one attached hydrogen (secondary N) is 1. The van der Waals surface area contributed by atoms with Gasteiger partial charge in [-0.2, -0.15) is 0 Å². The van der Waals surface area contributed by atoms with E-state index in [-0.39, 0.29) is 24.5 Å². The summed E-state index contributed by atoms with van der Waals surface area (Å²) >= 11 is 1.46. The van der Waals surface area contributed by atoms with E-state index >= 15 is 0 Å². The Morgan fingerprint density at radius 3 is 2.50 bits per heavy atom. The molecular weight excluding hydrogens is 302 g/mol. The number of carbonyl (C=O) groups is 2. The molecule has 0 saturated heterocycles. The summed E-state index contributed by atoms with van der Waals surface area (Å²) in [5, 5.41) is 0.976. The number of H-pyrrole nitrogens is 1. The highest BCUT2D eigenvalue weighted by molar-refractivity contribution is 7.26. The molecule has 2 heterocycles. The lowest BCUT2D eigenvalue weighted by atomic mass is 10.2. The van der Waals surface area contributed by atoms with Crippen LogP contribution in [0.15, 0.2) is 24.3 Å². The maximum absolute atomic E-state index is 12.3. The topological polar surface area (TPSA) is 68.4 Å². The number of aromatic nitrogens is 1. The third-order valence-corrected chi connectivity index (χ3v) is 4.47. The predicted molar refractivity (Wildman–Crippen MR) is 85.6 cm³/mol. The number of ether oxygens (including phenoxy) is 2. The molecule has 0 fully saturated rings. The van der Waals surface area contributed by atoms with Crippen molar-refractivity contribution < 1.29 is 19.1 Å². The van der Waals surface area contributed by atoms with Crippen molar-refractivity contribution in [3.05, 3.63) is 35.5 Å². The molecule has 3 aromatic rings. The predicted octanol–water partition coefficient (Wildman–Crippen LogP) is 3.74. The number of fused-ring (bicyclic) bond motifs is 3. The van der Waals surface area contributed by atoms with Crippen molar-refractivity contribution in [2.45, 2.75) is 13.8 Å². The highest BCUT2D eigenvalue weighted by atomic mass is 32.1. The Morgan fingerprint density at radius 2 is 1.77 bits per heavy atom. The lowest BCUT2D eigenvalue weighted by molar-refractivity contribution is 0.0477. The summed E-state index contributed by atoms with van der Waals surface area (Å²) in [7, 11) is 0. The fourth-order valence-electron chi connectivity index (χ4n) is 2.40. The van der Waals surface area contributed by atoms with Crippen LogP contribution in [0.5, 0.6) is 0 Å². The highest BCUT2D eigenvalue weighted by Crippen LogP contribution is 2.37. The van der Waals surface area contributed by atoms with Crippen LogP contribution in [0, 0.1) is 0 Å². The minimum atomic E-state index is -0.543. The molecule has 1 N–H and O–H groups in total. The molecule has 0 spiro atoms. The molecule has 6 heteroatoms. The third-order valence-electron chi connectivity index (χ3n) is 3.28. The zero-order valence-electron chi connectivity index (χ0n) is 12.3. The van der Waals surface area contributed by atoms with Gasteiger partial charge in [-0.15, -0.1) is 11.3 Å². The van der Waals surface area contributed by atoms with Gasteiger partial charge in [-0.3, -0.25) is 0 Å². The molecule has 0 bridgehead atoms. The van der Waals surface area contributed by atoms with Gasteiger partial charge in [-0.25, -0.2) is 9.59 Å². The minimum absolute atomic E-state index is 0.160. The number of thiophene rings is 1. The second kappa shape index (κ2) is 5.81. The van der Waals surface area contributed by atoms with E-state index in [0.29, 0.717) is 0 Å². The van der Waals surface area contributed by atoms with Gasteiger partial charge < -0.3 is 14.5 Å². The Labute approximate surface area is 130 Å². The molecule has 0 saturated carbocycles. The standard InChI is InChI=1S/C16H15NO4S/c1-3-20-15(18)11-13(16(19)21-4-2)17-12-9-7-5-6-8-10(9)22-14(11)12/h5-8,17H,3-4H2,1-2H3. The van der Waals surface area contributed by atoms with Gasteiger partial charge in [0.15, 0.2) is 0 Å². The molecule has 0 atom stereocenters. The van der Waals surface area contributed by atoms with Gasteiger partial charge in [-0.05, 0) is 19.9 Å². The summed E-state index contributed by atoms with van der Waals surface area (Å²) in [6, 6.07) is 7.79. The van der Waals surface area contributed by atoms with Crippen LogP contribution >= 0.6 is 11.3 Å². The number of hydrogen-bond donors (Lipinski definition) is 1. The van der Waals surface area contributed by atoms with E-state index in [0.717, 1.165) is 20.3 Å². The quantitative estimate of drug-likeness (QED) is 0.744. The smallest absolute Gasteiger partial charge is 0.355 e. The van der Waals surface area contributed by atoms with Crippen LogP contribution in [0.25, 0.3) is 20.3 Å². The van der Waals surface area contributed by atoms with E-state index in [9.17, 15) is 9.59 Å². The van der Waals surface area contributed by atoms with Crippen LogP contribution in [-0.4, -0.2) is 30.1 Å². The van der Waals surface area contributed by atoms with Gasteiger partial charge >= 0.3 is 11.9 Å². The zero-order valence-corrected chi connectivity index (χ0v) is 13.1. The molecule has 0 unspecified atom stereocenters. The fourth-order valence-corrected chi connectivity index (χ4v) is 3.60. The first-order valence-electron chi connectivity index (χ1n) is 7.04. The normalized spacial score (nSPS) is 11.0. The number of hydrogen-bond acceptors (Lipinski definition) is 5. The largest absolute Gasteiger partial charge is 0.462 e. The van der Waals surface area contributed by atoms with Gasteiger partial charge in [0.25, 0.3) is 0 Å². The number of aromatic amines is 1. The molecule has 22 heavy (non-hydrogen) atoms. The Balaban J connectivity index is 2.27. The lowest BCUT2D eigenvalue weighted by Gasteiger charge is -2.04. The number of esters is 2. The molecule has 3 rings (SSSR count). The number of rotatable bonds is 4. The summed E-state index contributed by atoms with van der Waals surface area (Å²) < 4.78 is 11.9. The molecule has 0 radical (unpaired) electrons. The van der Waals surface area contributed by atoms with E-state index < -0.39 is 11.9 Å². The summed E-state index contributed by atoms with van der Waals surface area (Å²) in [5.41, 5.74) is 1.19. The van der Waals surface area contributed by atoms with Crippen molar-refractivity contribution in [1.29, 1.82) is 0 Å². The third kappa shape index (κ3) is 2.25. The van der Waals surface area contributed by atoms with Gasteiger partial charge in [0.2, 0.25) is 0 Å². The molecule has 1 aromatic carbocycles. The van der Waals surface area contributed by atoms with Gasteiger partial charge in [-0.1, -0.05) is 18.2 Å². The SMILES string of the molecule is CCOC(=O)c1[nH]c2c(sc3ccccc32)c1C(=O)OCC. The molecule has 114 valence electrons. The van der Waals surface area contributed by atoms with E-state index in [1.165, 1.54) is 11.3 Å².